The molecule has 0 unspecified atom stereocenters. The molecule has 5 nitrogen and oxygen atoms in total. The van der Waals surface area contributed by atoms with E-state index in [1.165, 1.54) is 19.2 Å². The topological polar surface area (TPSA) is 74.2 Å². The molecule has 1 aromatic carbocycles. The summed E-state index contributed by atoms with van der Waals surface area (Å²) in [5, 5.41) is 13.8. The normalized spacial score (nSPS) is 11.0. The minimum atomic E-state index is -4.65. The lowest BCUT2D eigenvalue weighted by Gasteiger charge is -2.12. The standard InChI is InChI=1S/C13H14F3N3O2/c1-21-5-4-18-8-12(20)19-10-3-2-9(7-17)11(6-10)13(14,15)16/h2-3,6,18H,4-5,8H2,1H3,(H,19,20). The zero-order valence-corrected chi connectivity index (χ0v) is 11.3. The molecule has 0 aliphatic carbocycles. The van der Waals surface area contributed by atoms with Crippen LogP contribution in [0.2, 0.25) is 0 Å². The van der Waals surface area contributed by atoms with Crippen molar-refractivity contribution in [2.24, 2.45) is 0 Å². The van der Waals surface area contributed by atoms with Crippen LogP contribution in [-0.4, -0.2) is 32.7 Å². The van der Waals surface area contributed by atoms with E-state index in [0.29, 0.717) is 13.2 Å². The van der Waals surface area contributed by atoms with E-state index in [-0.39, 0.29) is 12.2 Å². The molecule has 0 atom stereocenters. The van der Waals surface area contributed by atoms with Crippen molar-refractivity contribution in [3.05, 3.63) is 29.3 Å². The first-order valence-electron chi connectivity index (χ1n) is 5.99. The fraction of sp³-hybridized carbons (Fsp3) is 0.385. The van der Waals surface area contributed by atoms with E-state index < -0.39 is 23.2 Å². The van der Waals surface area contributed by atoms with Gasteiger partial charge in [-0.25, -0.2) is 0 Å². The Morgan fingerprint density at radius 3 is 2.71 bits per heavy atom. The molecule has 0 aliphatic heterocycles. The molecular formula is C13H14F3N3O2. The lowest BCUT2D eigenvalue weighted by atomic mass is 10.1. The van der Waals surface area contributed by atoms with Crippen molar-refractivity contribution in [1.29, 1.82) is 5.26 Å². The van der Waals surface area contributed by atoms with Gasteiger partial charge in [0.2, 0.25) is 5.91 Å². The zero-order chi connectivity index (χ0) is 15.9. The Kier molecular flexibility index (Phi) is 6.14. The van der Waals surface area contributed by atoms with Gasteiger partial charge in [0.25, 0.3) is 0 Å². The number of nitriles is 1. The van der Waals surface area contributed by atoms with Crippen LogP contribution >= 0.6 is 0 Å². The molecule has 0 aromatic heterocycles. The van der Waals surface area contributed by atoms with Crippen LogP contribution in [0.3, 0.4) is 0 Å². The summed E-state index contributed by atoms with van der Waals surface area (Å²) >= 11 is 0. The molecule has 0 radical (unpaired) electrons. The van der Waals surface area contributed by atoms with Crippen molar-refractivity contribution in [3.8, 4) is 6.07 Å². The molecule has 0 bridgehead atoms. The van der Waals surface area contributed by atoms with E-state index >= 15 is 0 Å². The van der Waals surface area contributed by atoms with Crippen molar-refractivity contribution in [1.82, 2.24) is 5.32 Å². The second-order valence-corrected chi connectivity index (χ2v) is 4.09. The quantitative estimate of drug-likeness (QED) is 0.785. The highest BCUT2D eigenvalue weighted by Crippen LogP contribution is 2.33. The van der Waals surface area contributed by atoms with Gasteiger partial charge < -0.3 is 15.4 Å². The van der Waals surface area contributed by atoms with Gasteiger partial charge in [-0.1, -0.05) is 0 Å². The van der Waals surface area contributed by atoms with Gasteiger partial charge in [0.05, 0.1) is 30.3 Å². The Morgan fingerprint density at radius 1 is 1.43 bits per heavy atom. The molecule has 1 aromatic rings. The monoisotopic (exact) mass is 301 g/mol. The summed E-state index contributed by atoms with van der Waals surface area (Å²) in [7, 11) is 1.51. The number of nitrogens with zero attached hydrogens (tertiary/aromatic N) is 1. The number of amides is 1. The molecule has 114 valence electrons. The first kappa shape index (κ1) is 16.9. The molecule has 1 amide bonds. The zero-order valence-electron chi connectivity index (χ0n) is 11.3. The van der Waals surface area contributed by atoms with Crippen LogP contribution in [0.4, 0.5) is 18.9 Å². The van der Waals surface area contributed by atoms with Crippen LogP contribution in [0.25, 0.3) is 0 Å². The first-order chi connectivity index (χ1) is 9.88. The van der Waals surface area contributed by atoms with Crippen LogP contribution in [-0.2, 0) is 15.7 Å². The van der Waals surface area contributed by atoms with Gasteiger partial charge in [-0.05, 0) is 18.2 Å². The highest BCUT2D eigenvalue weighted by atomic mass is 19.4. The lowest BCUT2D eigenvalue weighted by Crippen LogP contribution is -2.30. The number of nitrogens with one attached hydrogen (secondary N) is 2. The van der Waals surface area contributed by atoms with Crippen molar-refractivity contribution in [2.75, 3.05) is 32.1 Å². The predicted molar refractivity (Wildman–Crippen MR) is 69.5 cm³/mol. The first-order valence-corrected chi connectivity index (χ1v) is 5.99. The average molecular weight is 301 g/mol. The van der Waals surface area contributed by atoms with E-state index in [0.717, 1.165) is 12.1 Å². The van der Waals surface area contributed by atoms with Gasteiger partial charge in [0, 0.05) is 19.3 Å². The van der Waals surface area contributed by atoms with Crippen LogP contribution in [0.5, 0.6) is 0 Å². The third kappa shape index (κ3) is 5.41. The van der Waals surface area contributed by atoms with E-state index in [4.69, 9.17) is 10.00 Å². The molecule has 21 heavy (non-hydrogen) atoms. The van der Waals surface area contributed by atoms with Gasteiger partial charge in [-0.2, -0.15) is 18.4 Å². The van der Waals surface area contributed by atoms with Gasteiger partial charge in [-0.3, -0.25) is 4.79 Å². The maximum Gasteiger partial charge on any atom is 0.417 e. The van der Waals surface area contributed by atoms with Gasteiger partial charge in [0.15, 0.2) is 0 Å². The molecule has 1 rings (SSSR count). The van der Waals surface area contributed by atoms with Crippen LogP contribution in [0, 0.1) is 11.3 Å². The SMILES string of the molecule is COCCNCC(=O)Nc1ccc(C#N)c(C(F)(F)F)c1. The fourth-order valence-electron chi connectivity index (χ4n) is 1.54. The van der Waals surface area contributed by atoms with Gasteiger partial charge in [-0.15, -0.1) is 0 Å². The van der Waals surface area contributed by atoms with E-state index in [2.05, 4.69) is 10.6 Å². The number of halogens is 3. The maximum absolute atomic E-state index is 12.8. The summed E-state index contributed by atoms with van der Waals surface area (Å²) in [6.07, 6.45) is -4.65. The number of carbonyl (C=O) groups excluding carboxylic acids is 1. The number of hydrogen-bond acceptors (Lipinski definition) is 4. The van der Waals surface area contributed by atoms with Gasteiger partial charge in [0.1, 0.15) is 0 Å². The molecule has 0 saturated heterocycles. The van der Waals surface area contributed by atoms with Crippen molar-refractivity contribution >= 4 is 11.6 Å². The number of ether oxygens (including phenoxy) is 1. The van der Waals surface area contributed by atoms with Crippen LogP contribution in [0.1, 0.15) is 11.1 Å². The Hall–Kier alpha value is -2.11. The molecule has 0 saturated carbocycles. The van der Waals surface area contributed by atoms with Crippen LogP contribution in [0.15, 0.2) is 18.2 Å². The van der Waals surface area contributed by atoms with E-state index in [9.17, 15) is 18.0 Å². The minimum Gasteiger partial charge on any atom is -0.383 e. The van der Waals surface area contributed by atoms with E-state index in [1.807, 2.05) is 0 Å². The molecular weight excluding hydrogens is 287 g/mol. The Balaban J connectivity index is 2.72. The molecule has 8 heteroatoms. The summed E-state index contributed by atoms with van der Waals surface area (Å²) in [6.45, 7) is 0.818. The number of anilines is 1. The molecule has 0 fully saturated rings. The smallest absolute Gasteiger partial charge is 0.383 e. The number of rotatable bonds is 6. The summed E-state index contributed by atoms with van der Waals surface area (Å²) < 4.78 is 43.0. The average Bonchev–Trinajstić information content (AvgIpc) is 2.42. The number of benzene rings is 1. The van der Waals surface area contributed by atoms with Crippen molar-refractivity contribution in [2.45, 2.75) is 6.18 Å². The minimum absolute atomic E-state index is 0.0140. The number of hydrogen-bond donors (Lipinski definition) is 2. The van der Waals surface area contributed by atoms with Gasteiger partial charge >= 0.3 is 6.18 Å². The second kappa shape index (κ2) is 7.61. The Labute approximate surface area is 119 Å². The fourth-order valence-corrected chi connectivity index (χ4v) is 1.54. The Bertz CT molecular complexity index is 538. The Morgan fingerprint density at radius 2 is 2.14 bits per heavy atom. The van der Waals surface area contributed by atoms with Crippen molar-refractivity contribution < 1.29 is 22.7 Å². The summed E-state index contributed by atoms with van der Waals surface area (Å²) in [5.41, 5.74) is -1.58. The molecule has 0 aliphatic rings. The summed E-state index contributed by atoms with van der Waals surface area (Å²) in [5.74, 6) is -0.482. The summed E-state index contributed by atoms with van der Waals surface area (Å²) in [4.78, 5) is 11.5. The second-order valence-electron chi connectivity index (χ2n) is 4.09. The van der Waals surface area contributed by atoms with E-state index in [1.54, 1.807) is 0 Å². The lowest BCUT2D eigenvalue weighted by molar-refractivity contribution is -0.137. The number of alkyl halides is 3. The third-order valence-electron chi connectivity index (χ3n) is 2.50. The maximum atomic E-state index is 12.8. The summed E-state index contributed by atoms with van der Waals surface area (Å²) in [6, 6.07) is 4.49. The highest BCUT2D eigenvalue weighted by Gasteiger charge is 2.33. The molecule has 0 spiro atoms. The van der Waals surface area contributed by atoms with Crippen molar-refractivity contribution in [3.63, 3.8) is 0 Å². The molecule has 0 heterocycles. The number of carbonyl (C=O) groups is 1. The highest BCUT2D eigenvalue weighted by molar-refractivity contribution is 5.92. The number of methoxy groups -OCH3 is 1. The third-order valence-corrected chi connectivity index (χ3v) is 2.50. The largest absolute Gasteiger partial charge is 0.417 e. The predicted octanol–water partition coefficient (Wildman–Crippen LogP) is 1.75. The molecule has 2 N–H and O–H groups in total. The van der Waals surface area contributed by atoms with Crippen LogP contribution < -0.4 is 10.6 Å².